The van der Waals surface area contributed by atoms with Crippen LogP contribution in [0.2, 0.25) is 0 Å². The van der Waals surface area contributed by atoms with E-state index in [2.05, 4.69) is 0 Å². The number of para-hydroxylation sites is 2. The highest BCUT2D eigenvalue weighted by Crippen LogP contribution is 2.24. The molecule has 1 unspecified atom stereocenters. The Morgan fingerprint density at radius 1 is 1.33 bits per heavy atom. The second-order valence-corrected chi connectivity index (χ2v) is 3.39. The fourth-order valence-electron chi connectivity index (χ4n) is 1.24. The van der Waals surface area contributed by atoms with E-state index in [9.17, 15) is 5.11 Å². The van der Waals surface area contributed by atoms with Gasteiger partial charge >= 0.3 is 0 Å². The van der Waals surface area contributed by atoms with E-state index < -0.39 is 0 Å². The van der Waals surface area contributed by atoms with Crippen molar-refractivity contribution in [2.24, 2.45) is 11.7 Å². The molecule has 0 heterocycles. The summed E-state index contributed by atoms with van der Waals surface area (Å²) in [5, 5.41) is 18.2. The van der Waals surface area contributed by atoms with E-state index in [4.69, 9.17) is 15.6 Å². The first-order chi connectivity index (χ1) is 7.27. The maximum absolute atomic E-state index is 9.42. The summed E-state index contributed by atoms with van der Waals surface area (Å²) in [4.78, 5) is 0. The van der Waals surface area contributed by atoms with Gasteiger partial charge < -0.3 is 20.7 Å². The number of aliphatic hydroxyl groups excluding tert-OH is 1. The monoisotopic (exact) mass is 211 g/mol. The lowest BCUT2D eigenvalue weighted by atomic mass is 10.1. The van der Waals surface area contributed by atoms with Crippen LogP contribution in [0.5, 0.6) is 11.5 Å². The number of benzene rings is 1. The zero-order chi connectivity index (χ0) is 11.1. The highest BCUT2D eigenvalue weighted by molar-refractivity contribution is 5.37. The van der Waals surface area contributed by atoms with Crippen molar-refractivity contribution in [3.63, 3.8) is 0 Å². The number of hydrogen-bond donors (Lipinski definition) is 3. The van der Waals surface area contributed by atoms with Crippen LogP contribution in [0.4, 0.5) is 0 Å². The maximum atomic E-state index is 9.42. The summed E-state index contributed by atoms with van der Waals surface area (Å²) < 4.78 is 5.40. The molecular formula is C11H17NO3. The van der Waals surface area contributed by atoms with Gasteiger partial charge in [0, 0.05) is 12.5 Å². The van der Waals surface area contributed by atoms with Gasteiger partial charge in [-0.05, 0) is 25.1 Å². The quantitative estimate of drug-likeness (QED) is 0.648. The summed E-state index contributed by atoms with van der Waals surface area (Å²) in [6, 6.07) is 6.79. The Labute approximate surface area is 89.3 Å². The first kappa shape index (κ1) is 11.8. The van der Waals surface area contributed by atoms with E-state index in [1.807, 2.05) is 0 Å². The third-order valence-electron chi connectivity index (χ3n) is 2.21. The van der Waals surface area contributed by atoms with E-state index in [0.29, 0.717) is 25.3 Å². The summed E-state index contributed by atoms with van der Waals surface area (Å²) in [5.74, 6) is 0.695. The molecule has 0 aliphatic rings. The van der Waals surface area contributed by atoms with Gasteiger partial charge in [0.15, 0.2) is 11.5 Å². The molecule has 0 bridgehead atoms. The highest BCUT2D eigenvalue weighted by Gasteiger charge is 2.08. The maximum Gasteiger partial charge on any atom is 0.160 e. The molecule has 1 rings (SSSR count). The van der Waals surface area contributed by atoms with Gasteiger partial charge in [-0.15, -0.1) is 0 Å². The molecule has 0 radical (unpaired) electrons. The summed E-state index contributed by atoms with van der Waals surface area (Å²) in [7, 11) is 0. The van der Waals surface area contributed by atoms with Gasteiger partial charge in [-0.3, -0.25) is 0 Å². The van der Waals surface area contributed by atoms with E-state index >= 15 is 0 Å². The zero-order valence-corrected chi connectivity index (χ0v) is 8.60. The van der Waals surface area contributed by atoms with Gasteiger partial charge in [0.25, 0.3) is 0 Å². The summed E-state index contributed by atoms with van der Waals surface area (Å²) >= 11 is 0. The Bertz CT molecular complexity index is 291. The van der Waals surface area contributed by atoms with Crippen LogP contribution in [0.1, 0.15) is 6.42 Å². The van der Waals surface area contributed by atoms with Gasteiger partial charge in [-0.2, -0.15) is 0 Å². The molecule has 0 aliphatic heterocycles. The molecule has 0 saturated heterocycles. The minimum atomic E-state index is 0.103. The molecule has 1 aromatic rings. The van der Waals surface area contributed by atoms with Crippen molar-refractivity contribution in [3.8, 4) is 11.5 Å². The van der Waals surface area contributed by atoms with E-state index in [0.717, 1.165) is 0 Å². The number of aliphatic hydroxyl groups is 1. The van der Waals surface area contributed by atoms with Gasteiger partial charge in [-0.1, -0.05) is 12.1 Å². The Morgan fingerprint density at radius 3 is 2.67 bits per heavy atom. The Morgan fingerprint density at radius 2 is 2.07 bits per heavy atom. The molecule has 1 aromatic carbocycles. The number of rotatable bonds is 6. The van der Waals surface area contributed by atoms with Crippen molar-refractivity contribution in [3.05, 3.63) is 24.3 Å². The average molecular weight is 211 g/mol. The van der Waals surface area contributed by atoms with Crippen LogP contribution in [-0.4, -0.2) is 30.0 Å². The predicted octanol–water partition coefficient (Wildman–Crippen LogP) is 0.728. The van der Waals surface area contributed by atoms with Crippen molar-refractivity contribution in [1.82, 2.24) is 0 Å². The smallest absolute Gasteiger partial charge is 0.160 e. The molecule has 1 atom stereocenters. The third-order valence-corrected chi connectivity index (χ3v) is 2.21. The Hall–Kier alpha value is -1.26. The zero-order valence-electron chi connectivity index (χ0n) is 8.60. The van der Waals surface area contributed by atoms with Crippen molar-refractivity contribution < 1.29 is 14.9 Å². The Kier molecular flexibility index (Phi) is 4.93. The summed E-state index contributed by atoms with van der Waals surface area (Å²) in [5.41, 5.74) is 5.51. The molecule has 0 fully saturated rings. The first-order valence-electron chi connectivity index (χ1n) is 4.99. The minimum Gasteiger partial charge on any atom is -0.504 e. The van der Waals surface area contributed by atoms with Crippen molar-refractivity contribution in [1.29, 1.82) is 0 Å². The average Bonchev–Trinajstić information content (AvgIpc) is 2.26. The Balaban J connectivity index is 2.45. The van der Waals surface area contributed by atoms with Crippen LogP contribution in [-0.2, 0) is 0 Å². The largest absolute Gasteiger partial charge is 0.504 e. The van der Waals surface area contributed by atoms with Gasteiger partial charge in [0.2, 0.25) is 0 Å². The topological polar surface area (TPSA) is 75.7 Å². The van der Waals surface area contributed by atoms with Crippen LogP contribution in [0.15, 0.2) is 24.3 Å². The molecule has 0 spiro atoms. The second-order valence-electron chi connectivity index (χ2n) is 3.39. The van der Waals surface area contributed by atoms with E-state index in [1.54, 1.807) is 24.3 Å². The SMILES string of the molecule is NCC(CCO)COc1ccccc1O. The predicted molar refractivity (Wildman–Crippen MR) is 57.8 cm³/mol. The highest BCUT2D eigenvalue weighted by atomic mass is 16.5. The molecule has 15 heavy (non-hydrogen) atoms. The standard InChI is InChI=1S/C11H17NO3/c12-7-9(5-6-13)8-15-11-4-2-1-3-10(11)14/h1-4,9,13-14H,5-8,12H2. The number of phenolic OH excluding ortho intramolecular Hbond substituents is 1. The lowest BCUT2D eigenvalue weighted by Crippen LogP contribution is -2.22. The van der Waals surface area contributed by atoms with E-state index in [1.165, 1.54) is 0 Å². The first-order valence-corrected chi connectivity index (χ1v) is 4.99. The van der Waals surface area contributed by atoms with Crippen molar-refractivity contribution in [2.75, 3.05) is 19.8 Å². The molecule has 4 N–H and O–H groups in total. The third kappa shape index (κ3) is 3.77. The molecule has 0 amide bonds. The fourth-order valence-corrected chi connectivity index (χ4v) is 1.24. The van der Waals surface area contributed by atoms with Gasteiger partial charge in [-0.25, -0.2) is 0 Å². The van der Waals surface area contributed by atoms with Crippen LogP contribution in [0, 0.1) is 5.92 Å². The van der Waals surface area contributed by atoms with Gasteiger partial charge in [0.1, 0.15) is 0 Å². The van der Waals surface area contributed by atoms with Crippen LogP contribution < -0.4 is 10.5 Å². The molecule has 4 heteroatoms. The summed E-state index contributed by atoms with van der Waals surface area (Å²) in [6.45, 7) is 0.981. The summed E-state index contributed by atoms with van der Waals surface area (Å²) in [6.07, 6.45) is 0.615. The van der Waals surface area contributed by atoms with Crippen molar-refractivity contribution >= 4 is 0 Å². The molecule has 4 nitrogen and oxygen atoms in total. The van der Waals surface area contributed by atoms with Crippen LogP contribution >= 0.6 is 0 Å². The lowest BCUT2D eigenvalue weighted by molar-refractivity contribution is 0.197. The minimum absolute atomic E-state index is 0.103. The molecular weight excluding hydrogens is 194 g/mol. The number of nitrogens with two attached hydrogens (primary N) is 1. The van der Waals surface area contributed by atoms with Gasteiger partial charge in [0.05, 0.1) is 6.61 Å². The molecule has 84 valence electrons. The molecule has 0 aliphatic carbocycles. The van der Waals surface area contributed by atoms with Crippen LogP contribution in [0.3, 0.4) is 0 Å². The normalized spacial score (nSPS) is 12.4. The molecule has 0 aromatic heterocycles. The number of phenols is 1. The molecule has 0 saturated carbocycles. The number of hydrogen-bond acceptors (Lipinski definition) is 4. The van der Waals surface area contributed by atoms with Crippen molar-refractivity contribution in [2.45, 2.75) is 6.42 Å². The second kappa shape index (κ2) is 6.27. The fraction of sp³-hybridized carbons (Fsp3) is 0.455. The van der Waals surface area contributed by atoms with E-state index in [-0.39, 0.29) is 18.3 Å². The number of ether oxygens (including phenoxy) is 1. The number of aromatic hydroxyl groups is 1. The lowest BCUT2D eigenvalue weighted by Gasteiger charge is -2.14. The van der Waals surface area contributed by atoms with Crippen LogP contribution in [0.25, 0.3) is 0 Å².